The van der Waals surface area contributed by atoms with Crippen molar-refractivity contribution in [2.75, 3.05) is 11.4 Å². The maximum atomic E-state index is 12.3. The summed E-state index contributed by atoms with van der Waals surface area (Å²) in [5.74, 6) is -2.30. The highest BCUT2D eigenvalue weighted by Crippen LogP contribution is 2.29. The molecule has 8 nitrogen and oxygen atoms in total. The van der Waals surface area contributed by atoms with E-state index in [1.54, 1.807) is 4.90 Å². The predicted molar refractivity (Wildman–Crippen MR) is 89.6 cm³/mol. The Labute approximate surface area is 145 Å². The van der Waals surface area contributed by atoms with Gasteiger partial charge in [0.05, 0.1) is 5.92 Å². The van der Waals surface area contributed by atoms with Crippen molar-refractivity contribution in [3.8, 4) is 0 Å². The molecule has 2 rings (SSSR count). The Morgan fingerprint density at radius 2 is 2.04 bits per heavy atom. The lowest BCUT2D eigenvalue weighted by molar-refractivity contribution is -0.158. The first-order valence-electron chi connectivity index (χ1n) is 8.02. The van der Waals surface area contributed by atoms with Crippen molar-refractivity contribution < 1.29 is 23.9 Å². The van der Waals surface area contributed by atoms with Crippen molar-refractivity contribution in [1.29, 1.82) is 0 Å². The van der Waals surface area contributed by atoms with Gasteiger partial charge in [-0.3, -0.25) is 19.7 Å². The Morgan fingerprint density at radius 1 is 1.36 bits per heavy atom. The predicted octanol–water partition coefficient (Wildman–Crippen LogP) is 0.729. The molecule has 0 bridgehead atoms. The molecule has 1 saturated heterocycles. The zero-order chi connectivity index (χ0) is 18.6. The van der Waals surface area contributed by atoms with Crippen LogP contribution in [-0.2, 0) is 25.5 Å². The van der Waals surface area contributed by atoms with Crippen LogP contribution in [0.4, 0.5) is 10.5 Å². The lowest BCUT2D eigenvalue weighted by Crippen LogP contribution is -2.42. The second kappa shape index (κ2) is 7.78. The molecule has 0 spiro atoms. The first-order chi connectivity index (χ1) is 11.8. The van der Waals surface area contributed by atoms with Crippen molar-refractivity contribution in [1.82, 2.24) is 5.32 Å². The van der Waals surface area contributed by atoms with E-state index in [-0.39, 0.29) is 18.9 Å². The molecular weight excluding hydrogens is 326 g/mol. The normalized spacial score (nSPS) is 17.9. The summed E-state index contributed by atoms with van der Waals surface area (Å²) in [5, 5.41) is 1.84. The molecule has 0 aliphatic carbocycles. The molecule has 1 aromatic rings. The molecule has 4 amide bonds. The number of rotatable bonds is 5. The van der Waals surface area contributed by atoms with E-state index >= 15 is 0 Å². The van der Waals surface area contributed by atoms with E-state index in [1.807, 2.05) is 36.5 Å². The number of nitrogens with zero attached hydrogens (tertiary/aromatic N) is 1. The quantitative estimate of drug-likeness (QED) is 0.761. The lowest BCUT2D eigenvalue weighted by Gasteiger charge is -2.20. The van der Waals surface area contributed by atoms with Crippen molar-refractivity contribution in [3.05, 3.63) is 29.8 Å². The largest absolute Gasteiger partial charge is 0.452 e. The standard InChI is InChI=1S/C17H21N3O5/c1-3-11-6-4-5-7-13(11)20-9-12(8-14(20)21)16(23)25-10(2)15(22)19-17(18)24/h4-7,10,12H,3,8-9H2,1-2H3,(H3,18,19,22,24). The minimum Gasteiger partial charge on any atom is -0.452 e. The highest BCUT2D eigenvalue weighted by Gasteiger charge is 2.37. The monoisotopic (exact) mass is 347 g/mol. The van der Waals surface area contributed by atoms with Gasteiger partial charge in [0.2, 0.25) is 5.91 Å². The van der Waals surface area contributed by atoms with E-state index in [1.165, 1.54) is 6.92 Å². The number of urea groups is 1. The Balaban J connectivity index is 2.03. The summed E-state index contributed by atoms with van der Waals surface area (Å²) < 4.78 is 5.05. The van der Waals surface area contributed by atoms with Gasteiger partial charge < -0.3 is 15.4 Å². The van der Waals surface area contributed by atoms with Gasteiger partial charge in [0, 0.05) is 18.7 Å². The van der Waals surface area contributed by atoms with Crippen LogP contribution in [0.3, 0.4) is 0 Å². The number of esters is 1. The number of nitrogens with two attached hydrogens (primary N) is 1. The number of primary amides is 1. The summed E-state index contributed by atoms with van der Waals surface area (Å²) in [7, 11) is 0. The highest BCUT2D eigenvalue weighted by molar-refractivity contribution is 6.01. The Morgan fingerprint density at radius 3 is 2.68 bits per heavy atom. The zero-order valence-corrected chi connectivity index (χ0v) is 14.2. The van der Waals surface area contributed by atoms with Crippen LogP contribution in [0.15, 0.2) is 24.3 Å². The summed E-state index contributed by atoms with van der Waals surface area (Å²) in [6.45, 7) is 3.51. The number of imide groups is 1. The van der Waals surface area contributed by atoms with Crippen LogP contribution >= 0.6 is 0 Å². The van der Waals surface area contributed by atoms with E-state index in [0.29, 0.717) is 0 Å². The van der Waals surface area contributed by atoms with Crippen molar-refractivity contribution in [2.24, 2.45) is 11.7 Å². The number of hydrogen-bond donors (Lipinski definition) is 2. The van der Waals surface area contributed by atoms with Gasteiger partial charge >= 0.3 is 12.0 Å². The van der Waals surface area contributed by atoms with Crippen molar-refractivity contribution in [2.45, 2.75) is 32.8 Å². The molecule has 134 valence electrons. The summed E-state index contributed by atoms with van der Waals surface area (Å²) >= 11 is 0. The summed E-state index contributed by atoms with van der Waals surface area (Å²) in [6.07, 6.45) is -0.396. The first kappa shape index (κ1) is 18.4. The molecule has 2 atom stereocenters. The van der Waals surface area contributed by atoms with Gasteiger partial charge in [-0.05, 0) is 25.0 Å². The number of ether oxygens (including phenoxy) is 1. The molecular formula is C17H21N3O5. The fourth-order valence-electron chi connectivity index (χ4n) is 2.72. The second-order valence-electron chi connectivity index (χ2n) is 5.82. The SMILES string of the molecule is CCc1ccccc1N1CC(C(=O)OC(C)C(=O)NC(N)=O)CC1=O. The number of carbonyl (C=O) groups is 4. The molecule has 0 aromatic heterocycles. The Hall–Kier alpha value is -2.90. The van der Waals surface area contributed by atoms with Gasteiger partial charge in [-0.15, -0.1) is 0 Å². The average molecular weight is 347 g/mol. The lowest BCUT2D eigenvalue weighted by atomic mass is 10.1. The van der Waals surface area contributed by atoms with Crippen molar-refractivity contribution >= 4 is 29.5 Å². The zero-order valence-electron chi connectivity index (χ0n) is 14.2. The number of hydrogen-bond acceptors (Lipinski definition) is 5. The number of nitrogens with one attached hydrogen (secondary N) is 1. The van der Waals surface area contributed by atoms with Crippen LogP contribution in [0.2, 0.25) is 0 Å². The first-order valence-corrected chi connectivity index (χ1v) is 8.02. The summed E-state index contributed by atoms with van der Waals surface area (Å²) in [6, 6.07) is 6.49. The van der Waals surface area contributed by atoms with E-state index in [4.69, 9.17) is 10.5 Å². The Kier molecular flexibility index (Phi) is 5.74. The van der Waals surface area contributed by atoms with Crippen LogP contribution in [-0.4, -0.2) is 36.5 Å². The molecule has 8 heteroatoms. The maximum absolute atomic E-state index is 12.3. The smallest absolute Gasteiger partial charge is 0.318 e. The fourth-order valence-corrected chi connectivity index (χ4v) is 2.72. The van der Waals surface area contributed by atoms with E-state index < -0.39 is 29.9 Å². The number of para-hydroxylation sites is 1. The van der Waals surface area contributed by atoms with Gasteiger partial charge in [-0.1, -0.05) is 25.1 Å². The summed E-state index contributed by atoms with van der Waals surface area (Å²) in [5.41, 5.74) is 6.64. The van der Waals surface area contributed by atoms with Gasteiger partial charge in [-0.2, -0.15) is 0 Å². The van der Waals surface area contributed by atoms with Crippen LogP contribution in [0.5, 0.6) is 0 Å². The van der Waals surface area contributed by atoms with Gasteiger partial charge in [0.15, 0.2) is 6.10 Å². The fraction of sp³-hybridized carbons (Fsp3) is 0.412. The van der Waals surface area contributed by atoms with Crippen LogP contribution in [0, 0.1) is 5.92 Å². The van der Waals surface area contributed by atoms with Gasteiger partial charge in [0.25, 0.3) is 5.91 Å². The molecule has 1 aliphatic heterocycles. The number of carbonyl (C=O) groups excluding carboxylic acids is 4. The number of benzene rings is 1. The average Bonchev–Trinajstić information content (AvgIpc) is 2.95. The Bertz CT molecular complexity index is 703. The number of amides is 4. The maximum Gasteiger partial charge on any atom is 0.318 e. The third-order valence-corrected chi connectivity index (χ3v) is 4.03. The highest BCUT2D eigenvalue weighted by atomic mass is 16.5. The number of aryl methyl sites for hydroxylation is 1. The van der Waals surface area contributed by atoms with Crippen LogP contribution in [0.1, 0.15) is 25.8 Å². The molecule has 25 heavy (non-hydrogen) atoms. The molecule has 1 heterocycles. The van der Waals surface area contributed by atoms with Crippen molar-refractivity contribution in [3.63, 3.8) is 0 Å². The minimum absolute atomic E-state index is 0.0149. The van der Waals surface area contributed by atoms with Gasteiger partial charge in [-0.25, -0.2) is 4.79 Å². The molecule has 2 unspecified atom stereocenters. The topological polar surface area (TPSA) is 119 Å². The van der Waals surface area contributed by atoms with Crippen LogP contribution < -0.4 is 16.0 Å². The molecule has 1 fully saturated rings. The molecule has 0 radical (unpaired) electrons. The van der Waals surface area contributed by atoms with E-state index in [0.717, 1.165) is 17.7 Å². The van der Waals surface area contributed by atoms with E-state index in [2.05, 4.69) is 0 Å². The third kappa shape index (κ3) is 4.34. The summed E-state index contributed by atoms with van der Waals surface area (Å²) in [4.78, 5) is 48.3. The molecule has 1 aromatic carbocycles. The van der Waals surface area contributed by atoms with Crippen LogP contribution in [0.25, 0.3) is 0 Å². The number of anilines is 1. The van der Waals surface area contributed by atoms with E-state index in [9.17, 15) is 19.2 Å². The minimum atomic E-state index is -1.17. The molecule has 0 saturated carbocycles. The van der Waals surface area contributed by atoms with Gasteiger partial charge in [0.1, 0.15) is 0 Å². The molecule has 1 aliphatic rings. The third-order valence-electron chi connectivity index (χ3n) is 4.03. The molecule has 3 N–H and O–H groups in total. The second-order valence-corrected chi connectivity index (χ2v) is 5.82.